The maximum atomic E-state index is 13.3. The number of carboxylic acid groups (broad SMARTS) is 1. The summed E-state index contributed by atoms with van der Waals surface area (Å²) < 4.78 is 11.0. The van der Waals surface area contributed by atoms with Crippen molar-refractivity contribution in [2.24, 2.45) is 16.7 Å². The topological polar surface area (TPSA) is 76.1 Å². The molecule has 2 heterocycles. The van der Waals surface area contributed by atoms with E-state index in [0.29, 0.717) is 45.9 Å². The largest absolute Gasteiger partial charge is 0.481 e. The van der Waals surface area contributed by atoms with Crippen LogP contribution in [0.5, 0.6) is 0 Å². The summed E-state index contributed by atoms with van der Waals surface area (Å²) >= 11 is 0. The van der Waals surface area contributed by atoms with Crippen molar-refractivity contribution < 1.29 is 24.2 Å². The Balaban J connectivity index is 1.75. The highest BCUT2D eigenvalue weighted by atomic mass is 16.5. The van der Waals surface area contributed by atoms with Gasteiger partial charge in [-0.1, -0.05) is 12.8 Å². The number of hydrogen-bond acceptors (Lipinski definition) is 4. The summed E-state index contributed by atoms with van der Waals surface area (Å²) in [5, 5.41) is 9.79. The van der Waals surface area contributed by atoms with Crippen molar-refractivity contribution in [1.82, 2.24) is 4.90 Å². The third-order valence-corrected chi connectivity index (χ3v) is 6.36. The van der Waals surface area contributed by atoms with E-state index in [4.69, 9.17) is 9.47 Å². The van der Waals surface area contributed by atoms with Crippen LogP contribution in [0.25, 0.3) is 0 Å². The standard InChI is InChI=1S/C18H29NO5/c1-2-23-9-7-17(5-3-4-6-17)15(20)19-11-14-12-24-10-8-18(14,13-19)16(21)22/h14H,2-13H2,1H3,(H,21,22)/t14-,18+/m0/s1. The predicted octanol–water partition coefficient (Wildman–Crippen LogP) is 1.92. The number of amides is 1. The summed E-state index contributed by atoms with van der Waals surface area (Å²) in [7, 11) is 0. The molecule has 0 aromatic heterocycles. The number of carbonyl (C=O) groups is 2. The lowest BCUT2D eigenvalue weighted by Gasteiger charge is -2.34. The van der Waals surface area contributed by atoms with Crippen molar-refractivity contribution in [3.8, 4) is 0 Å². The van der Waals surface area contributed by atoms with Gasteiger partial charge < -0.3 is 19.5 Å². The molecule has 3 aliphatic rings. The Morgan fingerprint density at radius 1 is 1.29 bits per heavy atom. The zero-order valence-electron chi connectivity index (χ0n) is 14.6. The van der Waals surface area contributed by atoms with Crippen molar-refractivity contribution >= 4 is 11.9 Å². The summed E-state index contributed by atoms with van der Waals surface area (Å²) in [4.78, 5) is 27.1. The first-order valence-electron chi connectivity index (χ1n) is 9.22. The molecule has 1 aliphatic carbocycles. The van der Waals surface area contributed by atoms with Crippen LogP contribution in [0.2, 0.25) is 0 Å². The van der Waals surface area contributed by atoms with Crippen LogP contribution in [0.3, 0.4) is 0 Å². The third-order valence-electron chi connectivity index (χ3n) is 6.36. The SMILES string of the molecule is CCOCCC1(C(=O)N2C[C@H]3COCC[C@@]3(C(=O)O)C2)CCCC1. The second kappa shape index (κ2) is 7.00. The lowest BCUT2D eigenvalue weighted by Crippen LogP contribution is -2.46. The lowest BCUT2D eigenvalue weighted by molar-refractivity contribution is -0.157. The van der Waals surface area contributed by atoms with Gasteiger partial charge in [0, 0.05) is 38.8 Å². The maximum absolute atomic E-state index is 13.3. The fourth-order valence-corrected chi connectivity index (χ4v) is 4.82. The van der Waals surface area contributed by atoms with Gasteiger partial charge in [-0.05, 0) is 32.6 Å². The molecule has 0 aromatic carbocycles. The number of nitrogens with zero attached hydrogens (tertiary/aromatic N) is 1. The number of likely N-dealkylation sites (tertiary alicyclic amines) is 1. The van der Waals surface area contributed by atoms with Crippen molar-refractivity contribution in [3.05, 3.63) is 0 Å². The van der Waals surface area contributed by atoms with Crippen LogP contribution in [-0.2, 0) is 19.1 Å². The van der Waals surface area contributed by atoms with Crippen molar-refractivity contribution in [2.75, 3.05) is 39.5 Å². The average molecular weight is 339 g/mol. The van der Waals surface area contributed by atoms with E-state index in [9.17, 15) is 14.7 Å². The van der Waals surface area contributed by atoms with Gasteiger partial charge in [-0.3, -0.25) is 9.59 Å². The molecule has 0 radical (unpaired) electrons. The predicted molar refractivity (Wildman–Crippen MR) is 87.6 cm³/mol. The van der Waals surface area contributed by atoms with Crippen LogP contribution in [0, 0.1) is 16.7 Å². The molecule has 3 fully saturated rings. The molecule has 3 rings (SSSR count). The molecular weight excluding hydrogens is 310 g/mol. The van der Waals surface area contributed by atoms with Gasteiger partial charge in [0.25, 0.3) is 0 Å². The van der Waals surface area contributed by atoms with Crippen molar-refractivity contribution in [2.45, 2.75) is 45.4 Å². The number of fused-ring (bicyclic) bond motifs is 1. The highest BCUT2D eigenvalue weighted by molar-refractivity contribution is 5.85. The van der Waals surface area contributed by atoms with E-state index >= 15 is 0 Å². The molecule has 1 saturated carbocycles. The van der Waals surface area contributed by atoms with Crippen LogP contribution in [-0.4, -0.2) is 61.4 Å². The second-order valence-electron chi connectivity index (χ2n) is 7.60. The van der Waals surface area contributed by atoms with E-state index in [-0.39, 0.29) is 17.2 Å². The molecular formula is C18H29NO5. The number of rotatable bonds is 6. The third kappa shape index (κ3) is 2.94. The molecule has 24 heavy (non-hydrogen) atoms. The Bertz CT molecular complexity index is 488. The van der Waals surface area contributed by atoms with Crippen molar-refractivity contribution in [3.63, 3.8) is 0 Å². The minimum absolute atomic E-state index is 0.0851. The normalized spacial score (nSPS) is 31.9. The number of aliphatic carboxylic acids is 1. The molecule has 0 unspecified atom stereocenters. The van der Waals surface area contributed by atoms with E-state index in [1.54, 1.807) is 0 Å². The second-order valence-corrected chi connectivity index (χ2v) is 7.60. The van der Waals surface area contributed by atoms with Gasteiger partial charge in [-0.2, -0.15) is 0 Å². The Labute approximate surface area is 143 Å². The zero-order chi connectivity index (χ0) is 17.2. The Morgan fingerprint density at radius 3 is 2.67 bits per heavy atom. The van der Waals surface area contributed by atoms with E-state index in [1.165, 1.54) is 0 Å². The summed E-state index contributed by atoms with van der Waals surface area (Å²) in [6.07, 6.45) is 5.19. The minimum atomic E-state index is -0.812. The average Bonchev–Trinajstić information content (AvgIpc) is 3.20. The van der Waals surface area contributed by atoms with Gasteiger partial charge in [-0.25, -0.2) is 0 Å². The molecule has 1 N–H and O–H groups in total. The summed E-state index contributed by atoms with van der Waals surface area (Å²) in [6, 6.07) is 0. The maximum Gasteiger partial charge on any atom is 0.311 e. The smallest absolute Gasteiger partial charge is 0.311 e. The Morgan fingerprint density at radius 2 is 2.04 bits per heavy atom. The van der Waals surface area contributed by atoms with Gasteiger partial charge in [-0.15, -0.1) is 0 Å². The fourth-order valence-electron chi connectivity index (χ4n) is 4.82. The number of hydrogen-bond donors (Lipinski definition) is 1. The zero-order valence-corrected chi connectivity index (χ0v) is 14.6. The van der Waals surface area contributed by atoms with E-state index in [1.807, 2.05) is 11.8 Å². The molecule has 1 amide bonds. The van der Waals surface area contributed by atoms with E-state index < -0.39 is 11.4 Å². The van der Waals surface area contributed by atoms with Crippen LogP contribution >= 0.6 is 0 Å². The molecule has 0 aromatic rings. The summed E-state index contributed by atoms with van der Waals surface area (Å²) in [5.41, 5.74) is -1.16. The first-order valence-corrected chi connectivity index (χ1v) is 9.22. The van der Waals surface area contributed by atoms with Gasteiger partial charge in [0.1, 0.15) is 0 Å². The monoisotopic (exact) mass is 339 g/mol. The van der Waals surface area contributed by atoms with Crippen LogP contribution < -0.4 is 0 Å². The molecule has 6 nitrogen and oxygen atoms in total. The first-order chi connectivity index (χ1) is 11.5. The van der Waals surface area contributed by atoms with Crippen molar-refractivity contribution in [1.29, 1.82) is 0 Å². The molecule has 2 saturated heterocycles. The Hall–Kier alpha value is -1.14. The van der Waals surface area contributed by atoms with E-state index in [0.717, 1.165) is 32.1 Å². The highest BCUT2D eigenvalue weighted by Crippen LogP contribution is 2.47. The fraction of sp³-hybridized carbons (Fsp3) is 0.889. The highest BCUT2D eigenvalue weighted by Gasteiger charge is 2.57. The molecule has 2 aliphatic heterocycles. The quantitative estimate of drug-likeness (QED) is 0.748. The summed E-state index contributed by atoms with van der Waals surface area (Å²) in [6.45, 7) is 5.00. The minimum Gasteiger partial charge on any atom is -0.481 e. The number of carboxylic acids is 1. The van der Waals surface area contributed by atoms with E-state index in [2.05, 4.69) is 0 Å². The van der Waals surface area contributed by atoms with Crippen LogP contribution in [0.15, 0.2) is 0 Å². The molecule has 0 bridgehead atoms. The lowest BCUT2D eigenvalue weighted by atomic mass is 9.74. The van der Waals surface area contributed by atoms with Gasteiger partial charge in [0.05, 0.1) is 17.4 Å². The molecule has 0 spiro atoms. The summed E-state index contributed by atoms with van der Waals surface area (Å²) in [5.74, 6) is -0.714. The van der Waals surface area contributed by atoms with Crippen LogP contribution in [0.4, 0.5) is 0 Å². The molecule has 2 atom stereocenters. The first kappa shape index (κ1) is 17.7. The van der Waals surface area contributed by atoms with Gasteiger partial charge in [0.15, 0.2) is 0 Å². The molecule has 136 valence electrons. The Kier molecular flexibility index (Phi) is 5.16. The van der Waals surface area contributed by atoms with Crippen LogP contribution in [0.1, 0.15) is 45.4 Å². The molecule has 6 heteroatoms. The van der Waals surface area contributed by atoms with Gasteiger partial charge in [0.2, 0.25) is 5.91 Å². The van der Waals surface area contributed by atoms with Gasteiger partial charge >= 0.3 is 5.97 Å². The number of ether oxygens (including phenoxy) is 2. The number of carbonyl (C=O) groups excluding carboxylic acids is 1.